The minimum atomic E-state index is -0.0869. The Labute approximate surface area is 282 Å². The maximum Gasteiger partial charge on any atom is 0.0361 e. The molecule has 1 aliphatic rings. The van der Waals surface area contributed by atoms with Gasteiger partial charge in [-0.15, -0.1) is 11.3 Å². The van der Waals surface area contributed by atoms with Gasteiger partial charge in [0.1, 0.15) is 0 Å². The van der Waals surface area contributed by atoms with Gasteiger partial charge in [-0.25, -0.2) is 0 Å². The van der Waals surface area contributed by atoms with Crippen molar-refractivity contribution in [3.05, 3.63) is 157 Å². The smallest absolute Gasteiger partial charge is 0.0361 e. The lowest BCUT2D eigenvalue weighted by Gasteiger charge is -2.22. The summed E-state index contributed by atoms with van der Waals surface area (Å²) in [7, 11) is 0. The molecule has 0 N–H and O–H groups in total. The van der Waals surface area contributed by atoms with Gasteiger partial charge < -0.3 is 0 Å². The average Bonchev–Trinajstić information content (AvgIpc) is 3.62. The van der Waals surface area contributed by atoms with Crippen molar-refractivity contribution >= 4 is 74.6 Å². The summed E-state index contributed by atoms with van der Waals surface area (Å²) >= 11 is 1.91. The molecule has 1 aromatic heterocycles. The Morgan fingerprint density at radius 2 is 1.00 bits per heavy atom. The van der Waals surface area contributed by atoms with Gasteiger partial charge >= 0.3 is 0 Å². The summed E-state index contributed by atoms with van der Waals surface area (Å²) < 4.78 is 2.73. The molecule has 0 aliphatic heterocycles. The number of thiophene rings is 1. The number of fused-ring (bicyclic) bond motifs is 8. The van der Waals surface area contributed by atoms with Gasteiger partial charge in [-0.3, -0.25) is 0 Å². The van der Waals surface area contributed by atoms with Crippen LogP contribution in [0, 0.1) is 0 Å². The van der Waals surface area contributed by atoms with Gasteiger partial charge in [-0.1, -0.05) is 135 Å². The maximum absolute atomic E-state index is 2.49. The number of hydrogen-bond acceptors (Lipinski definition) is 1. The van der Waals surface area contributed by atoms with Gasteiger partial charge in [0.15, 0.2) is 0 Å². The molecule has 0 radical (unpaired) electrons. The van der Waals surface area contributed by atoms with Crippen molar-refractivity contribution in [2.45, 2.75) is 19.3 Å². The first kappa shape index (κ1) is 26.6. The van der Waals surface area contributed by atoms with Crippen LogP contribution in [-0.2, 0) is 5.41 Å². The summed E-state index contributed by atoms with van der Waals surface area (Å²) in [4.78, 5) is 0. The quantitative estimate of drug-likeness (QED) is 0.168. The topological polar surface area (TPSA) is 0 Å². The number of benzene rings is 9. The van der Waals surface area contributed by atoms with Crippen LogP contribution in [0.5, 0.6) is 0 Å². The summed E-state index contributed by atoms with van der Waals surface area (Å²) in [6, 6.07) is 55.0. The number of rotatable bonds is 2. The van der Waals surface area contributed by atoms with Crippen molar-refractivity contribution in [2.24, 2.45) is 0 Å². The summed E-state index contributed by atoms with van der Waals surface area (Å²) in [5.41, 5.74) is 10.7. The molecule has 48 heavy (non-hydrogen) atoms. The van der Waals surface area contributed by atoms with Crippen LogP contribution in [0.1, 0.15) is 25.0 Å². The molecule has 0 nitrogen and oxygen atoms in total. The lowest BCUT2D eigenvalue weighted by atomic mass is 9.81. The van der Waals surface area contributed by atoms with Crippen LogP contribution in [0.15, 0.2) is 146 Å². The fourth-order valence-electron chi connectivity index (χ4n) is 8.87. The molecule has 0 fully saturated rings. The normalized spacial score (nSPS) is 13.8. The first-order chi connectivity index (χ1) is 23.5. The van der Waals surface area contributed by atoms with Crippen molar-refractivity contribution in [3.63, 3.8) is 0 Å². The molecule has 0 amide bonds. The zero-order valence-corrected chi connectivity index (χ0v) is 27.6. The Morgan fingerprint density at radius 3 is 1.77 bits per heavy atom. The summed E-state index contributed by atoms with van der Waals surface area (Å²) in [6.07, 6.45) is 0. The van der Waals surface area contributed by atoms with Gasteiger partial charge in [0, 0.05) is 25.6 Å². The molecule has 0 spiro atoms. The van der Waals surface area contributed by atoms with E-state index in [1.54, 1.807) is 0 Å². The highest BCUT2D eigenvalue weighted by atomic mass is 32.1. The van der Waals surface area contributed by atoms with Crippen molar-refractivity contribution in [1.82, 2.24) is 0 Å². The van der Waals surface area contributed by atoms with E-state index >= 15 is 0 Å². The Balaban J connectivity index is 1.13. The molecule has 11 rings (SSSR count). The van der Waals surface area contributed by atoms with Crippen LogP contribution in [0.3, 0.4) is 0 Å². The van der Waals surface area contributed by atoms with E-state index in [0.717, 1.165) is 0 Å². The van der Waals surface area contributed by atoms with E-state index in [-0.39, 0.29) is 5.41 Å². The Bertz CT molecular complexity index is 2970. The highest BCUT2D eigenvalue weighted by Crippen LogP contribution is 2.55. The Kier molecular flexibility index (Phi) is 5.15. The first-order valence-electron chi connectivity index (χ1n) is 16.8. The molecule has 1 aliphatic carbocycles. The highest BCUT2D eigenvalue weighted by molar-refractivity contribution is 7.26. The summed E-state index contributed by atoms with van der Waals surface area (Å²) in [5.74, 6) is 0. The van der Waals surface area contributed by atoms with Gasteiger partial charge in [0.25, 0.3) is 0 Å². The van der Waals surface area contributed by atoms with Crippen molar-refractivity contribution in [3.8, 4) is 33.4 Å². The SMILES string of the molecule is CC1(C)c2cc(-c3ccc4ccc5c(-c6ccc7ccccc7c6)ccc6ccc3c4c65)ccc2-c2c1ccc1sc3ccccc3c21. The van der Waals surface area contributed by atoms with Crippen LogP contribution in [0.4, 0.5) is 0 Å². The first-order valence-corrected chi connectivity index (χ1v) is 17.7. The molecule has 9 aromatic carbocycles. The largest absolute Gasteiger partial charge is 0.135 e. The second-order valence-corrected chi connectivity index (χ2v) is 15.1. The molecule has 0 bridgehead atoms. The second-order valence-electron chi connectivity index (χ2n) is 14.1. The predicted molar refractivity (Wildman–Crippen MR) is 209 cm³/mol. The van der Waals surface area contributed by atoms with E-state index in [9.17, 15) is 0 Å². The third-order valence-electron chi connectivity index (χ3n) is 11.2. The van der Waals surface area contributed by atoms with Crippen LogP contribution in [0.2, 0.25) is 0 Å². The Hall–Kier alpha value is -5.50. The second kappa shape index (κ2) is 9.31. The zero-order valence-electron chi connectivity index (χ0n) is 26.8. The van der Waals surface area contributed by atoms with Gasteiger partial charge in [-0.05, 0) is 112 Å². The minimum absolute atomic E-state index is 0.0869. The maximum atomic E-state index is 2.49. The minimum Gasteiger partial charge on any atom is -0.135 e. The standard InChI is InChI=1S/C47H30S/c1-47(2)39-23-24-42-46(38-9-5-6-10-41(38)48-42)45(39)37-22-17-32(26-40(37)47)34-19-14-29-15-20-35-33(18-13-28-16-21-36(34)44(29)43(28)35)31-12-11-27-7-3-4-8-30(27)25-31/h3-26H,1-2H3. The van der Waals surface area contributed by atoms with Crippen LogP contribution < -0.4 is 0 Å². The number of hydrogen-bond donors (Lipinski definition) is 0. The van der Waals surface area contributed by atoms with Crippen LogP contribution in [-0.4, -0.2) is 0 Å². The van der Waals surface area contributed by atoms with Gasteiger partial charge in [-0.2, -0.15) is 0 Å². The van der Waals surface area contributed by atoms with Crippen LogP contribution in [0.25, 0.3) is 96.6 Å². The summed E-state index contributed by atoms with van der Waals surface area (Å²) in [6.45, 7) is 4.81. The molecule has 1 heterocycles. The molecule has 0 atom stereocenters. The lowest BCUT2D eigenvalue weighted by Crippen LogP contribution is -2.14. The van der Waals surface area contributed by atoms with Crippen LogP contribution >= 0.6 is 11.3 Å². The van der Waals surface area contributed by atoms with Crippen molar-refractivity contribution in [2.75, 3.05) is 0 Å². The molecule has 224 valence electrons. The fourth-order valence-corrected chi connectivity index (χ4v) is 9.98. The van der Waals surface area contributed by atoms with E-state index in [0.29, 0.717) is 0 Å². The van der Waals surface area contributed by atoms with E-state index in [1.807, 2.05) is 11.3 Å². The molecular weight excluding hydrogens is 597 g/mol. The van der Waals surface area contributed by atoms with E-state index in [1.165, 1.54) is 108 Å². The average molecular weight is 627 g/mol. The van der Waals surface area contributed by atoms with E-state index in [2.05, 4.69) is 159 Å². The van der Waals surface area contributed by atoms with E-state index in [4.69, 9.17) is 0 Å². The fraction of sp³-hybridized carbons (Fsp3) is 0.0638. The Morgan fingerprint density at radius 1 is 0.396 bits per heavy atom. The van der Waals surface area contributed by atoms with E-state index < -0.39 is 0 Å². The molecule has 0 unspecified atom stereocenters. The third-order valence-corrected chi connectivity index (χ3v) is 12.4. The highest BCUT2D eigenvalue weighted by Gasteiger charge is 2.37. The summed E-state index contributed by atoms with van der Waals surface area (Å²) in [5, 5.41) is 13.3. The predicted octanol–water partition coefficient (Wildman–Crippen LogP) is 13.7. The third kappa shape index (κ3) is 3.44. The molecule has 0 saturated heterocycles. The van der Waals surface area contributed by atoms with Gasteiger partial charge in [0.2, 0.25) is 0 Å². The zero-order chi connectivity index (χ0) is 31.7. The van der Waals surface area contributed by atoms with Crippen molar-refractivity contribution in [1.29, 1.82) is 0 Å². The van der Waals surface area contributed by atoms with Crippen molar-refractivity contribution < 1.29 is 0 Å². The molecule has 10 aromatic rings. The molecule has 1 heteroatoms. The molecule has 0 saturated carbocycles. The molecular formula is C47H30S. The monoisotopic (exact) mass is 626 g/mol. The van der Waals surface area contributed by atoms with Gasteiger partial charge in [0.05, 0.1) is 0 Å². The lowest BCUT2D eigenvalue weighted by molar-refractivity contribution is 0.661.